The number of halogens is 2. The van der Waals surface area contributed by atoms with Crippen molar-refractivity contribution in [1.82, 2.24) is 15.0 Å². The Morgan fingerprint density at radius 2 is 2.00 bits per heavy atom. The van der Waals surface area contributed by atoms with Crippen LogP contribution in [-0.4, -0.2) is 15.0 Å². The molecule has 0 unspecified atom stereocenters. The van der Waals surface area contributed by atoms with E-state index in [1.54, 1.807) is 18.3 Å². The summed E-state index contributed by atoms with van der Waals surface area (Å²) in [5.74, 6) is 0.560. The number of nitrogens with zero attached hydrogens (tertiary/aromatic N) is 3. The second-order valence-electron chi connectivity index (χ2n) is 3.34. The molecule has 0 aliphatic carbocycles. The summed E-state index contributed by atoms with van der Waals surface area (Å²) in [5.41, 5.74) is 1.65. The smallest absolute Gasteiger partial charge is 0.161 e. The average Bonchev–Trinajstić information content (AvgIpc) is 2.77. The zero-order valence-electron chi connectivity index (χ0n) is 8.39. The highest BCUT2D eigenvalue weighted by Crippen LogP contribution is 2.28. The molecule has 0 saturated heterocycles. The lowest BCUT2D eigenvalue weighted by Crippen LogP contribution is -1.90. The second-order valence-corrected chi connectivity index (χ2v) is 5.00. The zero-order chi connectivity index (χ0) is 11.8. The Morgan fingerprint density at radius 3 is 2.82 bits per heavy atom. The van der Waals surface area contributed by atoms with Gasteiger partial charge < -0.3 is 0 Å². The van der Waals surface area contributed by atoms with Gasteiger partial charge in [0.05, 0.1) is 10.2 Å². The van der Waals surface area contributed by atoms with Crippen molar-refractivity contribution in [2.24, 2.45) is 0 Å². The average molecular weight is 282 g/mol. The molecule has 0 saturated carbocycles. The first-order valence-corrected chi connectivity index (χ1v) is 6.40. The summed E-state index contributed by atoms with van der Waals surface area (Å²) in [5, 5.41) is 2.81. The summed E-state index contributed by atoms with van der Waals surface area (Å²) in [6, 6.07) is 5.43. The lowest BCUT2D eigenvalue weighted by molar-refractivity contribution is 1.22. The molecule has 0 radical (unpaired) electrons. The summed E-state index contributed by atoms with van der Waals surface area (Å²) in [6.45, 7) is 0. The van der Waals surface area contributed by atoms with E-state index in [9.17, 15) is 0 Å². The summed E-state index contributed by atoms with van der Waals surface area (Å²) >= 11 is 13.5. The Kier molecular flexibility index (Phi) is 2.70. The van der Waals surface area contributed by atoms with Crippen LogP contribution in [0.1, 0.15) is 0 Å². The molecule has 3 rings (SSSR count). The summed E-state index contributed by atoms with van der Waals surface area (Å²) in [6.07, 6.45) is 1.62. The molecule has 0 aliphatic heterocycles. The minimum absolute atomic E-state index is 0.410. The first-order valence-electron chi connectivity index (χ1n) is 4.77. The Morgan fingerprint density at radius 1 is 1.12 bits per heavy atom. The van der Waals surface area contributed by atoms with Crippen molar-refractivity contribution in [3.8, 4) is 11.4 Å². The molecule has 84 valence electrons. The van der Waals surface area contributed by atoms with E-state index in [2.05, 4.69) is 15.0 Å². The number of aromatic nitrogens is 3. The van der Waals surface area contributed by atoms with Crippen LogP contribution in [0.25, 0.3) is 21.6 Å². The van der Waals surface area contributed by atoms with Gasteiger partial charge in [0.2, 0.25) is 0 Å². The van der Waals surface area contributed by atoms with Crippen molar-refractivity contribution in [3.05, 3.63) is 40.1 Å². The monoisotopic (exact) mass is 281 g/mol. The lowest BCUT2D eigenvalue weighted by Gasteiger charge is -2.01. The second kappa shape index (κ2) is 4.22. The Labute approximate surface area is 111 Å². The van der Waals surface area contributed by atoms with Gasteiger partial charge in [0.25, 0.3) is 0 Å². The molecule has 0 amide bonds. The predicted molar refractivity (Wildman–Crippen MR) is 70.7 cm³/mol. The third-order valence-corrected chi connectivity index (χ3v) is 3.75. The van der Waals surface area contributed by atoms with Crippen LogP contribution in [0.15, 0.2) is 29.8 Å². The molecule has 3 heterocycles. The highest BCUT2D eigenvalue weighted by atomic mass is 35.5. The number of thiophene rings is 1. The Hall–Kier alpha value is -1.23. The van der Waals surface area contributed by atoms with E-state index in [1.165, 1.54) is 11.3 Å². The number of rotatable bonds is 1. The molecule has 0 fully saturated rings. The van der Waals surface area contributed by atoms with E-state index in [4.69, 9.17) is 23.2 Å². The third kappa shape index (κ3) is 1.99. The van der Waals surface area contributed by atoms with E-state index in [0.717, 1.165) is 15.8 Å². The highest BCUT2D eigenvalue weighted by Gasteiger charge is 2.09. The molecule has 0 atom stereocenters. The lowest BCUT2D eigenvalue weighted by atomic mass is 10.2. The first-order chi connectivity index (χ1) is 8.24. The van der Waals surface area contributed by atoms with Gasteiger partial charge in [-0.25, -0.2) is 15.0 Å². The quantitative estimate of drug-likeness (QED) is 0.499. The van der Waals surface area contributed by atoms with Gasteiger partial charge in [-0.2, -0.15) is 0 Å². The van der Waals surface area contributed by atoms with Crippen molar-refractivity contribution in [3.63, 3.8) is 0 Å². The maximum atomic E-state index is 6.10. The normalized spacial score (nSPS) is 10.9. The van der Waals surface area contributed by atoms with E-state index < -0.39 is 0 Å². The summed E-state index contributed by atoms with van der Waals surface area (Å²) < 4.78 is 0.899. The van der Waals surface area contributed by atoms with Crippen molar-refractivity contribution in [1.29, 1.82) is 0 Å². The van der Waals surface area contributed by atoms with E-state index in [0.29, 0.717) is 16.1 Å². The van der Waals surface area contributed by atoms with Gasteiger partial charge in [0.15, 0.2) is 11.0 Å². The van der Waals surface area contributed by atoms with Crippen LogP contribution in [0.2, 0.25) is 10.3 Å². The minimum Gasteiger partial charge on any atom is -0.245 e. The Balaban J connectivity index is 2.23. The standard InChI is InChI=1S/C11H5Cl2N3S/c12-8-5-6(1-3-14-8)11-15-7-2-4-17-9(7)10(13)16-11/h1-5H. The summed E-state index contributed by atoms with van der Waals surface area (Å²) in [7, 11) is 0. The SMILES string of the molecule is Clc1cc(-c2nc(Cl)c3sccc3n2)ccn1. The number of fused-ring (bicyclic) bond motifs is 1. The van der Waals surface area contributed by atoms with Crippen molar-refractivity contribution in [2.75, 3.05) is 0 Å². The maximum absolute atomic E-state index is 6.10. The van der Waals surface area contributed by atoms with Gasteiger partial charge in [-0.05, 0) is 23.6 Å². The van der Waals surface area contributed by atoms with Gasteiger partial charge in [0.1, 0.15) is 5.15 Å². The van der Waals surface area contributed by atoms with Crippen LogP contribution < -0.4 is 0 Å². The molecule has 3 aromatic rings. The van der Waals surface area contributed by atoms with Crippen LogP contribution in [0.5, 0.6) is 0 Å². The number of pyridine rings is 1. The predicted octanol–water partition coefficient (Wildman–Crippen LogP) is 4.06. The molecule has 6 heteroatoms. The molecular weight excluding hydrogens is 277 g/mol. The molecule has 0 bridgehead atoms. The van der Waals surface area contributed by atoms with Gasteiger partial charge in [-0.1, -0.05) is 23.2 Å². The largest absolute Gasteiger partial charge is 0.245 e. The zero-order valence-corrected chi connectivity index (χ0v) is 10.7. The van der Waals surface area contributed by atoms with Crippen LogP contribution in [0, 0.1) is 0 Å². The van der Waals surface area contributed by atoms with Crippen LogP contribution in [0.4, 0.5) is 0 Å². The molecule has 0 aliphatic rings. The van der Waals surface area contributed by atoms with E-state index in [-0.39, 0.29) is 0 Å². The number of hydrogen-bond donors (Lipinski definition) is 0. The van der Waals surface area contributed by atoms with E-state index >= 15 is 0 Å². The minimum atomic E-state index is 0.410. The van der Waals surface area contributed by atoms with Crippen LogP contribution in [-0.2, 0) is 0 Å². The van der Waals surface area contributed by atoms with Gasteiger partial charge in [-0.15, -0.1) is 11.3 Å². The van der Waals surface area contributed by atoms with Crippen LogP contribution >= 0.6 is 34.5 Å². The number of hydrogen-bond acceptors (Lipinski definition) is 4. The van der Waals surface area contributed by atoms with Gasteiger partial charge in [-0.3, -0.25) is 0 Å². The third-order valence-electron chi connectivity index (χ3n) is 2.25. The maximum Gasteiger partial charge on any atom is 0.161 e. The van der Waals surface area contributed by atoms with Gasteiger partial charge >= 0.3 is 0 Å². The van der Waals surface area contributed by atoms with Gasteiger partial charge in [0, 0.05) is 11.8 Å². The molecule has 3 nitrogen and oxygen atoms in total. The topological polar surface area (TPSA) is 38.7 Å². The van der Waals surface area contributed by atoms with Crippen molar-refractivity contribution < 1.29 is 0 Å². The van der Waals surface area contributed by atoms with Crippen molar-refractivity contribution >= 4 is 44.8 Å². The molecule has 0 aromatic carbocycles. The highest BCUT2D eigenvalue weighted by molar-refractivity contribution is 7.17. The van der Waals surface area contributed by atoms with Crippen LogP contribution in [0.3, 0.4) is 0 Å². The summed E-state index contributed by atoms with van der Waals surface area (Å²) in [4.78, 5) is 12.6. The Bertz CT molecular complexity index is 696. The molecule has 0 N–H and O–H groups in total. The molecule has 3 aromatic heterocycles. The fraction of sp³-hybridized carbons (Fsp3) is 0. The van der Waals surface area contributed by atoms with Crippen molar-refractivity contribution in [2.45, 2.75) is 0 Å². The fourth-order valence-corrected chi connectivity index (χ4v) is 2.69. The first kappa shape index (κ1) is 10.9. The molecule has 17 heavy (non-hydrogen) atoms. The van der Waals surface area contributed by atoms with E-state index in [1.807, 2.05) is 11.4 Å². The fourth-order valence-electron chi connectivity index (χ4n) is 1.50. The molecular formula is C11H5Cl2N3S. The molecule has 0 spiro atoms.